The maximum Gasteiger partial charge on any atom is 0.338 e. The van der Waals surface area contributed by atoms with Crippen molar-refractivity contribution in [3.05, 3.63) is 35.4 Å². The van der Waals surface area contributed by atoms with Gasteiger partial charge in [-0.05, 0) is 49.9 Å². The zero-order valence-electron chi connectivity index (χ0n) is 38.6. The molecule has 1 aliphatic heterocycles. The molecule has 0 N–H and O–H groups in total. The van der Waals surface area contributed by atoms with Crippen LogP contribution in [-0.2, 0) is 47.4 Å². The summed E-state index contributed by atoms with van der Waals surface area (Å²) in [5, 5.41) is 0. The average molecular weight is 899 g/mol. The highest BCUT2D eigenvalue weighted by Crippen LogP contribution is 2.41. The molecule has 5 atom stereocenters. The van der Waals surface area contributed by atoms with E-state index in [0.717, 1.165) is 44.9 Å². The largest absolute Gasteiger partial charge is 0.486 e. The van der Waals surface area contributed by atoms with E-state index >= 15 is 0 Å². The second-order valence-electron chi connectivity index (χ2n) is 14.3. The summed E-state index contributed by atoms with van der Waals surface area (Å²) in [6.45, 7) is 8.58. The van der Waals surface area contributed by atoms with E-state index in [0.29, 0.717) is 32.8 Å². The fraction of sp³-hybridized carbons (Fsp3) is 0.689. The van der Waals surface area contributed by atoms with Gasteiger partial charge in [-0.1, -0.05) is 53.4 Å². The van der Waals surface area contributed by atoms with Gasteiger partial charge in [0.05, 0.1) is 24.3 Å². The van der Waals surface area contributed by atoms with Crippen LogP contribution in [0, 0.1) is 0 Å². The summed E-state index contributed by atoms with van der Waals surface area (Å²) < 4.78 is 93.4. The highest BCUT2D eigenvalue weighted by Gasteiger charge is 2.50. The molecule has 3 rings (SSSR count). The van der Waals surface area contributed by atoms with Crippen molar-refractivity contribution in [3.63, 3.8) is 0 Å². The minimum Gasteiger partial charge on any atom is -0.486 e. The van der Waals surface area contributed by atoms with Crippen LogP contribution in [0.2, 0.25) is 0 Å². The van der Waals surface area contributed by atoms with E-state index < -0.39 is 49.3 Å². The molecule has 0 amide bonds. The first kappa shape index (κ1) is 53.2. The first-order valence-electron chi connectivity index (χ1n) is 21.6. The third-order valence-electron chi connectivity index (χ3n) is 9.39. The molecule has 1 heterocycles. The van der Waals surface area contributed by atoms with E-state index in [4.69, 9.17) is 75.8 Å². The van der Waals surface area contributed by atoms with Gasteiger partial charge in [0.2, 0.25) is 11.5 Å². The number of carbonyl (C=O) groups is 2. The highest BCUT2D eigenvalue weighted by atomic mass is 16.7. The van der Waals surface area contributed by atoms with Gasteiger partial charge in [-0.15, -0.1) is 0 Å². The molecular formula is C45H70O18. The monoisotopic (exact) mass is 898 g/mol. The summed E-state index contributed by atoms with van der Waals surface area (Å²) >= 11 is 0. The van der Waals surface area contributed by atoms with Crippen LogP contribution in [0.4, 0.5) is 0 Å². The van der Waals surface area contributed by atoms with Gasteiger partial charge in [-0.3, -0.25) is 0 Å². The Hall–Kier alpha value is -4.14. The smallest absolute Gasteiger partial charge is 0.338 e. The van der Waals surface area contributed by atoms with Crippen LogP contribution in [0.15, 0.2) is 24.3 Å². The number of unbranched alkanes of at least 4 members (excludes halogenated alkanes) is 4. The third-order valence-corrected chi connectivity index (χ3v) is 9.39. The van der Waals surface area contributed by atoms with Gasteiger partial charge >= 0.3 is 11.9 Å². The standard InChI is InChI=1S/C45H70O18/c1-10-14-18-53-38-33(58-27-48-5)22-31(23-34(38)59-28-49-6)43(46)57-26-37-40(41(55-20-16-12-3)42(45(52-9)62-37)56-21-17-13-4)63-44(47)32-24-35(60-29-50-7)39(54-19-15-11-2)36(25-32)61-30-51-8/h22-25,37,40-42,45H,10-21,26-30H2,1-9H3/t37?,40-,41+,42?,45-/m1/s1. The minimum absolute atomic E-state index is 0.0452. The zero-order chi connectivity index (χ0) is 45.8. The summed E-state index contributed by atoms with van der Waals surface area (Å²) in [6.07, 6.45) is 1.40. The van der Waals surface area contributed by atoms with Crippen LogP contribution in [0.1, 0.15) is 99.8 Å². The topological polar surface area (TPSA) is 182 Å². The molecule has 1 fully saturated rings. The quantitative estimate of drug-likeness (QED) is 0.0394. The summed E-state index contributed by atoms with van der Waals surface area (Å²) in [5.41, 5.74) is 0.108. The molecule has 18 heteroatoms. The predicted molar refractivity (Wildman–Crippen MR) is 228 cm³/mol. The average Bonchev–Trinajstić information content (AvgIpc) is 3.29. The summed E-state index contributed by atoms with van der Waals surface area (Å²) in [6, 6.07) is 5.89. The molecule has 2 aromatic rings. The molecule has 63 heavy (non-hydrogen) atoms. The number of ether oxygens (including phenoxy) is 16. The molecular weight excluding hydrogens is 828 g/mol. The Morgan fingerprint density at radius 1 is 0.508 bits per heavy atom. The lowest BCUT2D eigenvalue weighted by Gasteiger charge is -2.45. The van der Waals surface area contributed by atoms with Crippen molar-refractivity contribution in [2.24, 2.45) is 0 Å². The predicted octanol–water partition coefficient (Wildman–Crippen LogP) is 7.10. The Bertz CT molecular complexity index is 1530. The maximum atomic E-state index is 14.4. The molecule has 2 aromatic carbocycles. The Balaban J connectivity index is 2.09. The van der Waals surface area contributed by atoms with Crippen molar-refractivity contribution in [3.8, 4) is 34.5 Å². The minimum atomic E-state index is -1.19. The number of carbonyl (C=O) groups excluding carboxylic acids is 2. The fourth-order valence-electron chi connectivity index (χ4n) is 6.10. The molecule has 0 aliphatic carbocycles. The number of esters is 2. The van der Waals surface area contributed by atoms with Gasteiger partial charge in [0.25, 0.3) is 0 Å². The van der Waals surface area contributed by atoms with Crippen LogP contribution in [0.25, 0.3) is 0 Å². The molecule has 358 valence electrons. The molecule has 0 aromatic heterocycles. The van der Waals surface area contributed by atoms with E-state index in [1.165, 1.54) is 59.8 Å². The third kappa shape index (κ3) is 17.1. The SMILES string of the molecule is CCCCOc1c(OCOC)cc(C(=O)OCC2O[C@@H](OC)C(OCCCC)[C@@H](OCCCC)[C@@H]2OC(=O)c2cc(OCOC)c(OCCCC)c(OCOC)c2)cc1OCOC. The number of benzene rings is 2. The van der Waals surface area contributed by atoms with Crippen molar-refractivity contribution in [1.82, 2.24) is 0 Å². The molecule has 1 saturated heterocycles. The van der Waals surface area contributed by atoms with E-state index in [9.17, 15) is 9.59 Å². The summed E-state index contributed by atoms with van der Waals surface area (Å²) in [4.78, 5) is 28.4. The van der Waals surface area contributed by atoms with Gasteiger partial charge in [0.15, 0.2) is 62.6 Å². The van der Waals surface area contributed by atoms with Crippen molar-refractivity contribution < 1.29 is 85.4 Å². The van der Waals surface area contributed by atoms with Gasteiger partial charge < -0.3 is 75.8 Å². The van der Waals surface area contributed by atoms with Gasteiger partial charge in [-0.2, -0.15) is 0 Å². The Morgan fingerprint density at radius 3 is 1.30 bits per heavy atom. The van der Waals surface area contributed by atoms with Gasteiger partial charge in [-0.25, -0.2) is 9.59 Å². The van der Waals surface area contributed by atoms with Crippen molar-refractivity contribution >= 4 is 11.9 Å². The van der Waals surface area contributed by atoms with Crippen LogP contribution in [-0.4, -0.2) is 138 Å². The fourth-order valence-corrected chi connectivity index (χ4v) is 6.10. The molecule has 0 saturated carbocycles. The number of rotatable bonds is 34. The highest BCUT2D eigenvalue weighted by molar-refractivity contribution is 5.92. The Morgan fingerprint density at radius 2 is 0.905 bits per heavy atom. The van der Waals surface area contributed by atoms with E-state index in [2.05, 4.69) is 0 Å². The van der Waals surface area contributed by atoms with Gasteiger partial charge in [0, 0.05) is 48.8 Å². The van der Waals surface area contributed by atoms with E-state index in [-0.39, 0.29) is 72.8 Å². The van der Waals surface area contributed by atoms with Gasteiger partial charge in [0.1, 0.15) is 24.9 Å². The second-order valence-corrected chi connectivity index (χ2v) is 14.3. The number of hydrogen-bond acceptors (Lipinski definition) is 18. The number of methoxy groups -OCH3 is 5. The lowest BCUT2D eigenvalue weighted by Crippen LogP contribution is -2.62. The van der Waals surface area contributed by atoms with Crippen LogP contribution >= 0.6 is 0 Å². The number of hydrogen-bond donors (Lipinski definition) is 0. The Labute approximate surface area is 372 Å². The summed E-state index contributed by atoms with van der Waals surface area (Å²) in [7, 11) is 7.36. The molecule has 0 radical (unpaired) electrons. The molecule has 2 unspecified atom stereocenters. The van der Waals surface area contributed by atoms with Crippen LogP contribution < -0.4 is 28.4 Å². The molecule has 0 bridgehead atoms. The van der Waals surface area contributed by atoms with Crippen molar-refractivity contribution in [1.29, 1.82) is 0 Å². The van der Waals surface area contributed by atoms with Crippen LogP contribution in [0.3, 0.4) is 0 Å². The molecule has 0 spiro atoms. The zero-order valence-corrected chi connectivity index (χ0v) is 38.6. The summed E-state index contributed by atoms with van der Waals surface area (Å²) in [5.74, 6) is -0.295. The Kier molecular flexibility index (Phi) is 26.1. The first-order chi connectivity index (χ1) is 30.7. The second kappa shape index (κ2) is 30.9. The van der Waals surface area contributed by atoms with Crippen molar-refractivity contribution in [2.45, 2.75) is 110 Å². The molecule has 18 nitrogen and oxygen atoms in total. The normalized spacial score (nSPS) is 18.4. The maximum absolute atomic E-state index is 14.4. The van der Waals surface area contributed by atoms with E-state index in [1.54, 1.807) is 0 Å². The first-order valence-corrected chi connectivity index (χ1v) is 21.6. The van der Waals surface area contributed by atoms with Crippen LogP contribution in [0.5, 0.6) is 34.5 Å². The lowest BCUT2D eigenvalue weighted by molar-refractivity contribution is -0.309. The molecule has 1 aliphatic rings. The lowest BCUT2D eigenvalue weighted by atomic mass is 9.97. The van der Waals surface area contributed by atoms with E-state index in [1.807, 2.05) is 27.7 Å². The van der Waals surface area contributed by atoms with Crippen molar-refractivity contribution in [2.75, 3.05) is 95.8 Å².